The Morgan fingerprint density at radius 2 is 1.55 bits per heavy atom. The van der Waals surface area contributed by atoms with E-state index in [1.54, 1.807) is 0 Å². The number of aryl methyl sites for hydroxylation is 2. The van der Waals surface area contributed by atoms with E-state index in [-0.39, 0.29) is 5.91 Å². The van der Waals surface area contributed by atoms with Gasteiger partial charge in [-0.05, 0) is 68.0 Å². The third-order valence-corrected chi connectivity index (χ3v) is 4.76. The van der Waals surface area contributed by atoms with Crippen LogP contribution in [0.25, 0.3) is 0 Å². The average Bonchev–Trinajstić information content (AvgIpc) is 2.73. The number of carbonyl (C=O) groups is 1. The van der Waals surface area contributed by atoms with Crippen LogP contribution in [0.4, 0.5) is 5.69 Å². The Hall–Kier alpha value is -2.49. The molecule has 29 heavy (non-hydrogen) atoms. The third kappa shape index (κ3) is 8.18. The number of carbonyl (C=O) groups excluding carboxylic acids is 1. The van der Waals surface area contributed by atoms with Crippen molar-refractivity contribution < 1.29 is 14.3 Å². The van der Waals surface area contributed by atoms with Crippen molar-refractivity contribution in [3.8, 4) is 11.5 Å². The van der Waals surface area contributed by atoms with Gasteiger partial charge in [-0.3, -0.25) is 4.79 Å². The normalized spacial score (nSPS) is 10.6. The van der Waals surface area contributed by atoms with Gasteiger partial charge in [-0.15, -0.1) is 0 Å². The highest BCUT2D eigenvalue weighted by molar-refractivity contribution is 5.90. The third-order valence-electron chi connectivity index (χ3n) is 4.76. The average molecular weight is 398 g/mol. The van der Waals surface area contributed by atoms with Gasteiger partial charge in [0.25, 0.3) is 0 Å². The van der Waals surface area contributed by atoms with Crippen LogP contribution in [0.3, 0.4) is 0 Å². The number of unbranched alkanes of at least 4 members (excludes halogenated alkanes) is 2. The number of anilines is 1. The summed E-state index contributed by atoms with van der Waals surface area (Å²) in [6.07, 6.45) is 6.68. The van der Waals surface area contributed by atoms with E-state index in [9.17, 15) is 4.79 Å². The first kappa shape index (κ1) is 22.8. The van der Waals surface area contributed by atoms with Crippen molar-refractivity contribution in [2.45, 2.75) is 65.7 Å². The Morgan fingerprint density at radius 3 is 2.24 bits per heavy atom. The molecule has 0 spiro atoms. The molecule has 0 aliphatic heterocycles. The summed E-state index contributed by atoms with van der Waals surface area (Å²) in [6.45, 7) is 7.57. The molecule has 0 aromatic heterocycles. The summed E-state index contributed by atoms with van der Waals surface area (Å²) in [6, 6.07) is 14.1. The Morgan fingerprint density at radius 1 is 0.828 bits per heavy atom. The van der Waals surface area contributed by atoms with E-state index in [0.29, 0.717) is 26.1 Å². The topological polar surface area (TPSA) is 47.6 Å². The Balaban J connectivity index is 1.87. The summed E-state index contributed by atoms with van der Waals surface area (Å²) in [5, 5.41) is 2.99. The number of benzene rings is 2. The highest BCUT2D eigenvalue weighted by Gasteiger charge is 2.09. The number of rotatable bonds is 13. The predicted molar refractivity (Wildman–Crippen MR) is 120 cm³/mol. The van der Waals surface area contributed by atoms with Crippen LogP contribution in [0, 0.1) is 0 Å². The first-order valence-electron chi connectivity index (χ1n) is 10.9. The molecule has 2 rings (SSSR count). The van der Waals surface area contributed by atoms with Crippen molar-refractivity contribution in [1.29, 1.82) is 0 Å². The van der Waals surface area contributed by atoms with Crippen LogP contribution in [0.1, 0.15) is 64.0 Å². The zero-order valence-corrected chi connectivity index (χ0v) is 18.1. The fourth-order valence-corrected chi connectivity index (χ4v) is 3.04. The van der Waals surface area contributed by atoms with Gasteiger partial charge < -0.3 is 14.8 Å². The van der Waals surface area contributed by atoms with E-state index >= 15 is 0 Å². The molecule has 0 heterocycles. The summed E-state index contributed by atoms with van der Waals surface area (Å²) in [5.41, 5.74) is 3.24. The van der Waals surface area contributed by atoms with Gasteiger partial charge in [-0.25, -0.2) is 0 Å². The first-order chi connectivity index (χ1) is 14.2. The minimum absolute atomic E-state index is 0.0209. The largest absolute Gasteiger partial charge is 0.490 e. The molecule has 0 unspecified atom stereocenters. The lowest BCUT2D eigenvalue weighted by Gasteiger charge is -2.13. The van der Waals surface area contributed by atoms with E-state index in [1.165, 1.54) is 18.4 Å². The van der Waals surface area contributed by atoms with Gasteiger partial charge in [0.1, 0.15) is 0 Å². The van der Waals surface area contributed by atoms with Gasteiger partial charge in [0.05, 0.1) is 13.2 Å². The second-order valence-corrected chi connectivity index (χ2v) is 7.26. The quantitative estimate of drug-likeness (QED) is 0.411. The van der Waals surface area contributed by atoms with E-state index in [2.05, 4.69) is 31.3 Å². The number of nitrogens with one attached hydrogen (secondary N) is 1. The number of hydrogen-bond donors (Lipinski definition) is 1. The monoisotopic (exact) mass is 397 g/mol. The minimum atomic E-state index is 0.0209. The van der Waals surface area contributed by atoms with Crippen molar-refractivity contribution in [2.75, 3.05) is 18.5 Å². The molecular formula is C25H35NO3. The molecule has 0 aliphatic rings. The fraction of sp³-hybridized carbons (Fsp3) is 0.480. The van der Waals surface area contributed by atoms with Crippen LogP contribution in [-0.2, 0) is 17.6 Å². The SMILES string of the molecule is CCCCOc1ccc(CCC(=O)Nc2ccc(CCCC)cc2)cc1OCC. The van der Waals surface area contributed by atoms with E-state index in [1.807, 2.05) is 37.3 Å². The second-order valence-electron chi connectivity index (χ2n) is 7.26. The lowest BCUT2D eigenvalue weighted by molar-refractivity contribution is -0.116. The number of hydrogen-bond acceptors (Lipinski definition) is 3. The fourth-order valence-electron chi connectivity index (χ4n) is 3.04. The maximum atomic E-state index is 12.3. The van der Waals surface area contributed by atoms with Gasteiger partial charge in [0.15, 0.2) is 11.5 Å². The smallest absolute Gasteiger partial charge is 0.224 e. The highest BCUT2D eigenvalue weighted by Crippen LogP contribution is 2.29. The summed E-state index contributed by atoms with van der Waals surface area (Å²) in [4.78, 5) is 12.3. The highest BCUT2D eigenvalue weighted by atomic mass is 16.5. The summed E-state index contributed by atoms with van der Waals surface area (Å²) in [7, 11) is 0. The van der Waals surface area contributed by atoms with Gasteiger partial charge in [-0.2, -0.15) is 0 Å². The molecule has 158 valence electrons. The molecule has 4 nitrogen and oxygen atoms in total. The van der Waals surface area contributed by atoms with Crippen LogP contribution in [0.5, 0.6) is 11.5 Å². The van der Waals surface area contributed by atoms with Crippen molar-refractivity contribution in [3.05, 3.63) is 53.6 Å². The Labute approximate surface area is 175 Å². The lowest BCUT2D eigenvalue weighted by Crippen LogP contribution is -2.12. The van der Waals surface area contributed by atoms with Crippen LogP contribution in [-0.4, -0.2) is 19.1 Å². The van der Waals surface area contributed by atoms with Crippen molar-refractivity contribution in [2.24, 2.45) is 0 Å². The lowest BCUT2D eigenvalue weighted by atomic mass is 10.1. The molecule has 0 aliphatic carbocycles. The first-order valence-corrected chi connectivity index (χ1v) is 10.9. The maximum absolute atomic E-state index is 12.3. The molecule has 0 bridgehead atoms. The van der Waals surface area contributed by atoms with Gasteiger partial charge in [-0.1, -0.05) is 44.9 Å². The van der Waals surface area contributed by atoms with Gasteiger partial charge in [0.2, 0.25) is 5.91 Å². The van der Waals surface area contributed by atoms with Gasteiger partial charge >= 0.3 is 0 Å². The zero-order chi connectivity index (χ0) is 20.9. The molecular weight excluding hydrogens is 362 g/mol. The summed E-state index contributed by atoms with van der Waals surface area (Å²) in [5.74, 6) is 1.55. The van der Waals surface area contributed by atoms with Crippen LogP contribution in [0.2, 0.25) is 0 Å². The molecule has 0 atom stereocenters. The zero-order valence-electron chi connectivity index (χ0n) is 18.1. The Bertz CT molecular complexity index is 740. The van der Waals surface area contributed by atoms with Crippen molar-refractivity contribution in [3.63, 3.8) is 0 Å². The second kappa shape index (κ2) is 12.9. The standard InChI is InChI=1S/C25H35NO3/c1-4-7-9-20-10-14-22(15-11-20)26-25(27)17-13-21-12-16-23(29-18-8-5-2)24(19-21)28-6-3/h10-12,14-16,19H,4-9,13,17-18H2,1-3H3,(H,26,27). The van der Waals surface area contributed by atoms with Crippen LogP contribution < -0.4 is 14.8 Å². The maximum Gasteiger partial charge on any atom is 0.224 e. The molecule has 0 saturated carbocycles. The number of amides is 1. The predicted octanol–water partition coefficient (Wildman–Crippen LogP) is 6.18. The Kier molecular flexibility index (Phi) is 10.1. The van der Waals surface area contributed by atoms with E-state index in [4.69, 9.17) is 9.47 Å². The molecule has 0 radical (unpaired) electrons. The molecule has 4 heteroatoms. The van der Waals surface area contributed by atoms with Crippen LogP contribution >= 0.6 is 0 Å². The number of ether oxygens (including phenoxy) is 2. The van der Waals surface area contributed by atoms with E-state index < -0.39 is 0 Å². The molecule has 2 aromatic carbocycles. The summed E-state index contributed by atoms with van der Waals surface area (Å²) >= 11 is 0. The van der Waals surface area contributed by atoms with E-state index in [0.717, 1.165) is 42.0 Å². The molecule has 1 amide bonds. The van der Waals surface area contributed by atoms with Crippen molar-refractivity contribution >= 4 is 11.6 Å². The summed E-state index contributed by atoms with van der Waals surface area (Å²) < 4.78 is 11.5. The van der Waals surface area contributed by atoms with Crippen molar-refractivity contribution in [1.82, 2.24) is 0 Å². The molecule has 0 fully saturated rings. The van der Waals surface area contributed by atoms with Gasteiger partial charge in [0, 0.05) is 12.1 Å². The molecule has 1 N–H and O–H groups in total. The van der Waals surface area contributed by atoms with Crippen LogP contribution in [0.15, 0.2) is 42.5 Å². The molecule has 2 aromatic rings. The minimum Gasteiger partial charge on any atom is -0.490 e. The molecule has 0 saturated heterocycles.